The van der Waals surface area contributed by atoms with E-state index < -0.39 is 6.61 Å². The van der Waals surface area contributed by atoms with Gasteiger partial charge in [-0.25, -0.2) is 4.98 Å². The molecule has 0 aliphatic heterocycles. The summed E-state index contributed by atoms with van der Waals surface area (Å²) in [6.07, 6.45) is 0. The minimum atomic E-state index is -2.82. The van der Waals surface area contributed by atoms with Crippen LogP contribution in [0, 0.1) is 6.92 Å². The van der Waals surface area contributed by atoms with Crippen LogP contribution < -0.4 is 15.0 Å². The summed E-state index contributed by atoms with van der Waals surface area (Å²) >= 11 is 1.50. The first kappa shape index (κ1) is 20.1. The van der Waals surface area contributed by atoms with E-state index in [0.29, 0.717) is 0 Å². The van der Waals surface area contributed by atoms with E-state index >= 15 is 0 Å². The molecule has 7 heteroatoms. The van der Waals surface area contributed by atoms with E-state index in [4.69, 9.17) is 0 Å². The van der Waals surface area contributed by atoms with Crippen LogP contribution in [0.3, 0.4) is 0 Å². The molecule has 0 fully saturated rings. The Morgan fingerprint density at radius 3 is 2.43 bits per heavy atom. The van der Waals surface area contributed by atoms with Gasteiger partial charge in [0, 0.05) is 35.4 Å². The summed E-state index contributed by atoms with van der Waals surface area (Å²) in [7, 11) is 0. The van der Waals surface area contributed by atoms with E-state index in [1.165, 1.54) is 29.2 Å². The molecule has 0 atom stereocenters. The highest BCUT2D eigenvalue weighted by Crippen LogP contribution is 2.30. The van der Waals surface area contributed by atoms with E-state index in [1.54, 1.807) is 12.1 Å². The van der Waals surface area contributed by atoms with Gasteiger partial charge in [-0.1, -0.05) is 0 Å². The predicted molar refractivity (Wildman–Crippen MR) is 112 cm³/mol. The molecular weight excluding hydrogens is 380 g/mol. The Bertz CT molecular complexity index is 908. The van der Waals surface area contributed by atoms with E-state index in [1.807, 2.05) is 5.38 Å². The Morgan fingerprint density at radius 2 is 1.82 bits per heavy atom. The van der Waals surface area contributed by atoms with Crippen LogP contribution in [0.25, 0.3) is 11.3 Å². The lowest BCUT2D eigenvalue weighted by molar-refractivity contribution is -0.0498. The van der Waals surface area contributed by atoms with Gasteiger partial charge < -0.3 is 15.0 Å². The lowest BCUT2D eigenvalue weighted by atomic mass is 10.1. The highest BCUT2D eigenvalue weighted by molar-refractivity contribution is 7.14. The van der Waals surface area contributed by atoms with Gasteiger partial charge in [0.25, 0.3) is 0 Å². The summed E-state index contributed by atoms with van der Waals surface area (Å²) in [5.41, 5.74) is 5.00. The van der Waals surface area contributed by atoms with Gasteiger partial charge in [0.05, 0.1) is 5.69 Å². The van der Waals surface area contributed by atoms with Crippen LogP contribution in [0.5, 0.6) is 5.75 Å². The Labute approximate surface area is 167 Å². The molecule has 148 valence electrons. The molecule has 28 heavy (non-hydrogen) atoms. The number of anilines is 3. The van der Waals surface area contributed by atoms with Crippen molar-refractivity contribution in [3.05, 3.63) is 53.4 Å². The van der Waals surface area contributed by atoms with Crippen molar-refractivity contribution in [2.75, 3.05) is 23.3 Å². The molecule has 4 nitrogen and oxygen atoms in total. The SMILES string of the molecule is CCN(CC)c1ccc(Nc2nc(-c3ccc(OC(F)F)cc3)cs2)c(C)c1. The molecule has 0 saturated heterocycles. The Kier molecular flexibility index (Phi) is 6.46. The Balaban J connectivity index is 1.72. The summed E-state index contributed by atoms with van der Waals surface area (Å²) in [6, 6.07) is 12.8. The van der Waals surface area contributed by atoms with Gasteiger partial charge >= 0.3 is 6.61 Å². The topological polar surface area (TPSA) is 37.4 Å². The summed E-state index contributed by atoms with van der Waals surface area (Å²) in [5, 5.41) is 6.08. The smallest absolute Gasteiger partial charge is 0.387 e. The molecule has 0 bridgehead atoms. The van der Waals surface area contributed by atoms with Crippen LogP contribution in [-0.2, 0) is 0 Å². The average Bonchev–Trinajstić information content (AvgIpc) is 3.13. The van der Waals surface area contributed by atoms with Crippen molar-refractivity contribution in [3.63, 3.8) is 0 Å². The van der Waals surface area contributed by atoms with Crippen LogP contribution in [-0.4, -0.2) is 24.7 Å². The van der Waals surface area contributed by atoms with Crippen molar-refractivity contribution in [2.24, 2.45) is 0 Å². The van der Waals surface area contributed by atoms with Gasteiger partial charge in [-0.15, -0.1) is 11.3 Å². The van der Waals surface area contributed by atoms with E-state index in [2.05, 4.69) is 58.9 Å². The van der Waals surface area contributed by atoms with Gasteiger partial charge in [-0.2, -0.15) is 8.78 Å². The molecule has 0 aliphatic carbocycles. The van der Waals surface area contributed by atoms with E-state index in [9.17, 15) is 8.78 Å². The predicted octanol–water partition coefficient (Wildman–Crippen LogP) is 6.31. The second-order valence-corrected chi connectivity index (χ2v) is 7.10. The van der Waals surface area contributed by atoms with Crippen LogP contribution in [0.1, 0.15) is 19.4 Å². The second kappa shape index (κ2) is 9.01. The number of halogens is 2. The number of ether oxygens (including phenoxy) is 1. The third kappa shape index (κ3) is 4.78. The number of aromatic nitrogens is 1. The van der Waals surface area contributed by atoms with Crippen LogP contribution in [0.2, 0.25) is 0 Å². The fourth-order valence-corrected chi connectivity index (χ4v) is 3.69. The van der Waals surface area contributed by atoms with Crippen molar-refractivity contribution in [2.45, 2.75) is 27.4 Å². The van der Waals surface area contributed by atoms with Crippen molar-refractivity contribution in [3.8, 4) is 17.0 Å². The maximum Gasteiger partial charge on any atom is 0.387 e. The molecular formula is C21H23F2N3OS. The van der Waals surface area contributed by atoms with Gasteiger partial charge in [-0.3, -0.25) is 0 Å². The molecule has 0 unspecified atom stereocenters. The number of benzene rings is 2. The fraction of sp³-hybridized carbons (Fsp3) is 0.286. The Morgan fingerprint density at radius 1 is 1.11 bits per heavy atom. The lowest BCUT2D eigenvalue weighted by Gasteiger charge is -2.22. The largest absolute Gasteiger partial charge is 0.435 e. The van der Waals surface area contributed by atoms with Crippen molar-refractivity contribution in [1.29, 1.82) is 0 Å². The van der Waals surface area contributed by atoms with Crippen molar-refractivity contribution in [1.82, 2.24) is 4.98 Å². The number of hydrogen-bond acceptors (Lipinski definition) is 5. The Hall–Kier alpha value is -2.67. The molecule has 0 spiro atoms. The van der Waals surface area contributed by atoms with Gasteiger partial charge in [0.1, 0.15) is 5.75 Å². The molecule has 1 aromatic heterocycles. The van der Waals surface area contributed by atoms with Crippen molar-refractivity contribution >= 4 is 27.8 Å². The molecule has 1 N–H and O–H groups in total. The monoisotopic (exact) mass is 403 g/mol. The molecule has 0 aliphatic rings. The van der Waals surface area contributed by atoms with Crippen LogP contribution in [0.4, 0.5) is 25.3 Å². The number of aryl methyl sites for hydroxylation is 1. The molecule has 0 saturated carbocycles. The maximum absolute atomic E-state index is 12.3. The average molecular weight is 403 g/mol. The van der Waals surface area contributed by atoms with Crippen LogP contribution in [0.15, 0.2) is 47.8 Å². The molecule has 3 rings (SSSR count). The quantitative estimate of drug-likeness (QED) is 0.478. The molecule has 0 amide bonds. The number of nitrogens with zero attached hydrogens (tertiary/aromatic N) is 2. The third-order valence-electron chi connectivity index (χ3n) is 4.46. The first-order valence-corrected chi connectivity index (χ1v) is 10.0. The number of thiazole rings is 1. The molecule has 2 aromatic carbocycles. The first-order chi connectivity index (χ1) is 13.5. The zero-order valence-electron chi connectivity index (χ0n) is 16.1. The van der Waals surface area contributed by atoms with E-state index in [-0.39, 0.29) is 5.75 Å². The zero-order valence-corrected chi connectivity index (χ0v) is 16.9. The van der Waals surface area contributed by atoms with Gasteiger partial charge in [-0.05, 0) is 68.8 Å². The third-order valence-corrected chi connectivity index (χ3v) is 5.22. The summed E-state index contributed by atoms with van der Waals surface area (Å²) in [6.45, 7) is 5.49. The molecule has 3 aromatic rings. The van der Waals surface area contributed by atoms with Gasteiger partial charge in [0.2, 0.25) is 0 Å². The fourth-order valence-electron chi connectivity index (χ4n) is 2.96. The summed E-state index contributed by atoms with van der Waals surface area (Å²) in [5.74, 6) is 0.135. The number of hydrogen-bond donors (Lipinski definition) is 1. The second-order valence-electron chi connectivity index (χ2n) is 6.24. The highest BCUT2D eigenvalue weighted by Gasteiger charge is 2.09. The van der Waals surface area contributed by atoms with Crippen molar-refractivity contribution < 1.29 is 13.5 Å². The molecule has 0 radical (unpaired) electrons. The van der Waals surface area contributed by atoms with Crippen LogP contribution >= 0.6 is 11.3 Å². The number of nitrogens with one attached hydrogen (secondary N) is 1. The van der Waals surface area contributed by atoms with E-state index in [0.717, 1.165) is 40.7 Å². The maximum atomic E-state index is 12.3. The lowest BCUT2D eigenvalue weighted by Crippen LogP contribution is -2.21. The minimum absolute atomic E-state index is 0.135. The number of rotatable bonds is 8. The normalized spacial score (nSPS) is 10.9. The first-order valence-electron chi connectivity index (χ1n) is 9.13. The summed E-state index contributed by atoms with van der Waals surface area (Å²) in [4.78, 5) is 6.91. The highest BCUT2D eigenvalue weighted by atomic mass is 32.1. The molecule has 1 heterocycles. The summed E-state index contributed by atoms with van der Waals surface area (Å²) < 4.78 is 28.9. The minimum Gasteiger partial charge on any atom is -0.435 e. The number of alkyl halides is 2. The van der Waals surface area contributed by atoms with Gasteiger partial charge in [0.15, 0.2) is 5.13 Å². The zero-order chi connectivity index (χ0) is 20.1. The standard InChI is InChI=1S/C21H23F2N3OS/c1-4-26(5-2)16-8-11-18(14(3)12-16)24-21-25-19(13-28-21)15-6-9-17(10-7-15)27-20(22)23/h6-13,20H,4-5H2,1-3H3,(H,24,25).